The molecular formula is C15H16N2O3S. The smallest absolute Gasteiger partial charge is 0.355 e. The number of hydrogen-bond acceptors (Lipinski definition) is 4. The number of carboxylic acids is 1. The molecule has 0 unspecified atom stereocenters. The molecule has 110 valence electrons. The fraction of sp³-hybridized carbons (Fsp3) is 0.267. The van der Waals surface area contributed by atoms with Gasteiger partial charge in [0.05, 0.1) is 5.92 Å². The fourth-order valence-electron chi connectivity index (χ4n) is 1.89. The number of carbonyl (C=O) groups excluding carboxylic acids is 1. The lowest BCUT2D eigenvalue weighted by molar-refractivity contribution is -0.117. The van der Waals surface area contributed by atoms with Gasteiger partial charge in [0, 0.05) is 11.1 Å². The van der Waals surface area contributed by atoms with E-state index in [0.29, 0.717) is 5.01 Å². The number of nitrogens with zero attached hydrogens (tertiary/aromatic N) is 1. The third kappa shape index (κ3) is 3.46. The van der Waals surface area contributed by atoms with Gasteiger partial charge in [0.1, 0.15) is 5.01 Å². The maximum atomic E-state index is 12.2. The van der Waals surface area contributed by atoms with Crippen LogP contribution >= 0.6 is 11.3 Å². The topological polar surface area (TPSA) is 79.3 Å². The Balaban J connectivity index is 2.13. The molecule has 6 heteroatoms. The summed E-state index contributed by atoms with van der Waals surface area (Å²) < 4.78 is 0. The summed E-state index contributed by atoms with van der Waals surface area (Å²) in [6, 6.07) is 5.78. The second-order valence-electron chi connectivity index (χ2n) is 4.91. The normalized spacial score (nSPS) is 12.0. The Kier molecular flexibility index (Phi) is 4.37. The van der Waals surface area contributed by atoms with Crippen LogP contribution in [0, 0.1) is 13.8 Å². The Hall–Kier alpha value is -2.21. The van der Waals surface area contributed by atoms with Crippen LogP contribution < -0.4 is 5.32 Å². The number of carboxylic acid groups (broad SMARTS) is 1. The van der Waals surface area contributed by atoms with E-state index in [1.807, 2.05) is 32.0 Å². The molecule has 0 saturated heterocycles. The van der Waals surface area contributed by atoms with Crippen LogP contribution in [0.3, 0.4) is 0 Å². The lowest BCUT2D eigenvalue weighted by atomic mass is 10.1. The van der Waals surface area contributed by atoms with Crippen molar-refractivity contribution in [3.63, 3.8) is 0 Å². The van der Waals surface area contributed by atoms with Gasteiger partial charge in [-0.15, -0.1) is 11.3 Å². The number of carbonyl (C=O) groups is 2. The zero-order chi connectivity index (χ0) is 15.6. The summed E-state index contributed by atoms with van der Waals surface area (Å²) in [5, 5.41) is 13.7. The van der Waals surface area contributed by atoms with E-state index in [9.17, 15) is 9.59 Å². The van der Waals surface area contributed by atoms with Crippen molar-refractivity contribution in [3.05, 3.63) is 45.4 Å². The minimum absolute atomic E-state index is 0.0267. The van der Waals surface area contributed by atoms with Gasteiger partial charge < -0.3 is 10.4 Å². The zero-order valence-electron chi connectivity index (χ0n) is 12.0. The highest BCUT2D eigenvalue weighted by Crippen LogP contribution is 2.23. The number of thiazole rings is 1. The highest BCUT2D eigenvalue weighted by atomic mass is 32.1. The summed E-state index contributed by atoms with van der Waals surface area (Å²) in [6.45, 7) is 5.63. The average molecular weight is 304 g/mol. The number of anilines is 1. The average Bonchev–Trinajstić information content (AvgIpc) is 2.90. The second-order valence-corrected chi connectivity index (χ2v) is 5.80. The van der Waals surface area contributed by atoms with Crippen molar-refractivity contribution in [3.8, 4) is 0 Å². The van der Waals surface area contributed by atoms with E-state index in [2.05, 4.69) is 10.3 Å². The lowest BCUT2D eigenvalue weighted by Crippen LogP contribution is -2.19. The molecule has 2 N–H and O–H groups in total. The van der Waals surface area contributed by atoms with Gasteiger partial charge in [-0.3, -0.25) is 4.79 Å². The van der Waals surface area contributed by atoms with Crippen molar-refractivity contribution in [2.24, 2.45) is 0 Å². The lowest BCUT2D eigenvalue weighted by Gasteiger charge is -2.12. The van der Waals surface area contributed by atoms with Gasteiger partial charge in [0.2, 0.25) is 5.91 Å². The number of rotatable bonds is 4. The number of benzene rings is 1. The molecule has 1 atom stereocenters. The van der Waals surface area contributed by atoms with E-state index >= 15 is 0 Å². The summed E-state index contributed by atoms with van der Waals surface area (Å²) >= 11 is 1.18. The fourth-order valence-corrected chi connectivity index (χ4v) is 2.74. The minimum Gasteiger partial charge on any atom is -0.476 e. The van der Waals surface area contributed by atoms with Crippen molar-refractivity contribution in [1.82, 2.24) is 4.98 Å². The van der Waals surface area contributed by atoms with Crippen molar-refractivity contribution in [2.75, 3.05) is 5.32 Å². The minimum atomic E-state index is -1.08. The van der Waals surface area contributed by atoms with Gasteiger partial charge in [-0.05, 0) is 32.4 Å². The van der Waals surface area contributed by atoms with E-state index < -0.39 is 11.9 Å². The van der Waals surface area contributed by atoms with Crippen LogP contribution in [0.25, 0.3) is 0 Å². The maximum Gasteiger partial charge on any atom is 0.355 e. The Morgan fingerprint density at radius 3 is 2.62 bits per heavy atom. The van der Waals surface area contributed by atoms with Gasteiger partial charge >= 0.3 is 5.97 Å². The van der Waals surface area contributed by atoms with Crippen LogP contribution in [-0.4, -0.2) is 22.0 Å². The number of aryl methyl sites for hydroxylation is 2. The highest BCUT2D eigenvalue weighted by molar-refractivity contribution is 7.10. The molecule has 0 radical (unpaired) electrons. The molecule has 0 saturated carbocycles. The van der Waals surface area contributed by atoms with Crippen LogP contribution in [0.2, 0.25) is 0 Å². The molecule has 0 bridgehead atoms. The van der Waals surface area contributed by atoms with Crippen LogP contribution in [-0.2, 0) is 4.79 Å². The molecule has 2 aromatic rings. The summed E-state index contributed by atoms with van der Waals surface area (Å²) in [5.41, 5.74) is 2.85. The van der Waals surface area contributed by atoms with Gasteiger partial charge in [-0.2, -0.15) is 0 Å². The number of hydrogen-bond donors (Lipinski definition) is 2. The van der Waals surface area contributed by atoms with Gasteiger partial charge in [0.15, 0.2) is 5.69 Å². The second kappa shape index (κ2) is 6.05. The Morgan fingerprint density at radius 1 is 1.33 bits per heavy atom. The third-order valence-electron chi connectivity index (χ3n) is 3.14. The largest absolute Gasteiger partial charge is 0.476 e. The van der Waals surface area contributed by atoms with E-state index in [0.717, 1.165) is 16.8 Å². The van der Waals surface area contributed by atoms with E-state index in [4.69, 9.17) is 5.11 Å². The molecule has 1 amide bonds. The Labute approximate surface area is 126 Å². The van der Waals surface area contributed by atoms with E-state index in [1.165, 1.54) is 16.7 Å². The van der Waals surface area contributed by atoms with Crippen molar-refractivity contribution in [1.29, 1.82) is 0 Å². The van der Waals surface area contributed by atoms with E-state index in [-0.39, 0.29) is 11.6 Å². The molecule has 5 nitrogen and oxygen atoms in total. The molecule has 1 aromatic heterocycles. The number of aromatic carboxylic acids is 1. The number of aromatic nitrogens is 1. The van der Waals surface area contributed by atoms with Crippen molar-refractivity contribution >= 4 is 28.9 Å². The Morgan fingerprint density at radius 2 is 2.05 bits per heavy atom. The molecular weight excluding hydrogens is 288 g/mol. The molecule has 0 spiro atoms. The van der Waals surface area contributed by atoms with Crippen molar-refractivity contribution < 1.29 is 14.7 Å². The van der Waals surface area contributed by atoms with Crippen LogP contribution in [0.1, 0.15) is 39.5 Å². The molecule has 21 heavy (non-hydrogen) atoms. The summed E-state index contributed by atoms with van der Waals surface area (Å²) in [6.07, 6.45) is 0. The molecule has 1 heterocycles. The SMILES string of the molecule is Cc1ccc(NC(=O)[C@H](C)c2nc(C(=O)O)cs2)c(C)c1. The molecule has 1 aromatic carbocycles. The van der Waals surface area contributed by atoms with Gasteiger partial charge in [0.25, 0.3) is 0 Å². The zero-order valence-corrected chi connectivity index (χ0v) is 12.8. The molecule has 0 aliphatic rings. The quantitative estimate of drug-likeness (QED) is 0.909. The maximum absolute atomic E-state index is 12.2. The standard InChI is InChI=1S/C15H16N2O3S/c1-8-4-5-11(9(2)6-8)16-13(18)10(3)14-17-12(7-21-14)15(19)20/h4-7,10H,1-3H3,(H,16,18)(H,19,20)/t10-/m0/s1. The van der Waals surface area contributed by atoms with E-state index in [1.54, 1.807) is 6.92 Å². The third-order valence-corrected chi connectivity index (χ3v) is 4.17. The number of amides is 1. The summed E-state index contributed by atoms with van der Waals surface area (Å²) in [4.78, 5) is 27.0. The van der Waals surface area contributed by atoms with Crippen molar-refractivity contribution in [2.45, 2.75) is 26.7 Å². The Bertz CT molecular complexity index is 694. The number of nitrogens with one attached hydrogen (secondary N) is 1. The molecule has 0 fully saturated rings. The molecule has 0 aliphatic heterocycles. The van der Waals surface area contributed by atoms with Crippen LogP contribution in [0.4, 0.5) is 5.69 Å². The first kappa shape index (κ1) is 15.2. The van der Waals surface area contributed by atoms with Gasteiger partial charge in [-0.1, -0.05) is 17.7 Å². The molecule has 0 aliphatic carbocycles. The highest BCUT2D eigenvalue weighted by Gasteiger charge is 2.21. The van der Waals surface area contributed by atoms with Crippen LogP contribution in [0.15, 0.2) is 23.6 Å². The first-order valence-corrected chi connectivity index (χ1v) is 7.33. The van der Waals surface area contributed by atoms with Crippen LogP contribution in [0.5, 0.6) is 0 Å². The van der Waals surface area contributed by atoms with Gasteiger partial charge in [-0.25, -0.2) is 9.78 Å². The summed E-state index contributed by atoms with van der Waals surface area (Å²) in [7, 11) is 0. The monoisotopic (exact) mass is 304 g/mol. The molecule has 2 rings (SSSR count). The first-order valence-electron chi connectivity index (χ1n) is 6.45. The predicted molar refractivity (Wildman–Crippen MR) is 82.0 cm³/mol. The first-order chi connectivity index (χ1) is 9.88. The summed E-state index contributed by atoms with van der Waals surface area (Å²) in [5.74, 6) is -1.78. The predicted octanol–water partition coefficient (Wildman–Crippen LogP) is 3.20.